The van der Waals surface area contributed by atoms with Crippen LogP contribution in [0, 0.1) is 0 Å². The Bertz CT molecular complexity index is 926. The summed E-state index contributed by atoms with van der Waals surface area (Å²) in [6, 6.07) is 17.0. The molecule has 3 rings (SSSR count). The zero-order valence-corrected chi connectivity index (χ0v) is 12.8. The molecular formula is C19H17NO3. The van der Waals surface area contributed by atoms with Gasteiger partial charge in [-0.15, -0.1) is 0 Å². The standard InChI is InChI=1S/C19H17NO3/c1-2-15-17(19(22)23)18(21)14-10-6-7-11-16(14)20(15)12-13-8-4-3-5-9-13/h3-11H,2,12H2,1H3,(H,22,23). The van der Waals surface area contributed by atoms with Crippen LogP contribution in [0.5, 0.6) is 0 Å². The zero-order chi connectivity index (χ0) is 16.4. The Morgan fingerprint density at radius 2 is 1.70 bits per heavy atom. The van der Waals surface area contributed by atoms with Gasteiger partial charge in [-0.3, -0.25) is 4.79 Å². The molecule has 2 aromatic carbocycles. The van der Waals surface area contributed by atoms with Crippen LogP contribution in [0.1, 0.15) is 28.5 Å². The Kier molecular flexibility index (Phi) is 3.98. The highest BCUT2D eigenvalue weighted by molar-refractivity contribution is 5.94. The highest BCUT2D eigenvalue weighted by atomic mass is 16.4. The summed E-state index contributed by atoms with van der Waals surface area (Å²) in [7, 11) is 0. The first-order valence-corrected chi connectivity index (χ1v) is 7.55. The van der Waals surface area contributed by atoms with Crippen LogP contribution in [-0.4, -0.2) is 15.6 Å². The quantitative estimate of drug-likeness (QED) is 0.804. The molecule has 0 fully saturated rings. The molecular weight excluding hydrogens is 290 g/mol. The SMILES string of the molecule is CCc1c(C(=O)O)c(=O)c2ccccc2n1Cc1ccccc1. The van der Waals surface area contributed by atoms with E-state index in [0.717, 1.165) is 11.1 Å². The van der Waals surface area contributed by atoms with Crippen molar-refractivity contribution in [3.63, 3.8) is 0 Å². The van der Waals surface area contributed by atoms with Crippen LogP contribution in [0.2, 0.25) is 0 Å². The van der Waals surface area contributed by atoms with Gasteiger partial charge < -0.3 is 9.67 Å². The second kappa shape index (κ2) is 6.08. The number of carbonyl (C=O) groups is 1. The summed E-state index contributed by atoms with van der Waals surface area (Å²) in [6.45, 7) is 2.41. The molecule has 3 aromatic rings. The predicted octanol–water partition coefficient (Wildman–Crippen LogP) is 3.31. The number of para-hydroxylation sites is 1. The fourth-order valence-corrected chi connectivity index (χ4v) is 2.98. The van der Waals surface area contributed by atoms with Crippen LogP contribution < -0.4 is 5.43 Å². The molecule has 0 bridgehead atoms. The minimum atomic E-state index is -1.17. The number of hydrogen-bond donors (Lipinski definition) is 1. The summed E-state index contributed by atoms with van der Waals surface area (Å²) < 4.78 is 1.94. The summed E-state index contributed by atoms with van der Waals surface area (Å²) in [5.74, 6) is -1.17. The van der Waals surface area contributed by atoms with Crippen LogP contribution in [0.25, 0.3) is 10.9 Å². The van der Waals surface area contributed by atoms with Crippen molar-refractivity contribution >= 4 is 16.9 Å². The zero-order valence-electron chi connectivity index (χ0n) is 12.8. The minimum Gasteiger partial charge on any atom is -0.477 e. The van der Waals surface area contributed by atoms with E-state index in [1.165, 1.54) is 0 Å². The van der Waals surface area contributed by atoms with Gasteiger partial charge in [-0.05, 0) is 24.1 Å². The van der Waals surface area contributed by atoms with Gasteiger partial charge in [0, 0.05) is 17.6 Å². The Hall–Kier alpha value is -2.88. The molecule has 4 nitrogen and oxygen atoms in total. The number of carboxylic acid groups (broad SMARTS) is 1. The molecule has 0 spiro atoms. The van der Waals surface area contributed by atoms with E-state index in [1.54, 1.807) is 12.1 Å². The molecule has 0 radical (unpaired) electrons. The molecule has 1 heterocycles. The third-order valence-corrected chi connectivity index (χ3v) is 4.01. The van der Waals surface area contributed by atoms with Crippen molar-refractivity contribution in [2.45, 2.75) is 19.9 Å². The van der Waals surface area contributed by atoms with E-state index in [0.29, 0.717) is 24.0 Å². The maximum Gasteiger partial charge on any atom is 0.341 e. The lowest BCUT2D eigenvalue weighted by atomic mass is 10.0. The van der Waals surface area contributed by atoms with Crippen LogP contribution in [-0.2, 0) is 13.0 Å². The van der Waals surface area contributed by atoms with Crippen LogP contribution in [0.4, 0.5) is 0 Å². The molecule has 0 aliphatic heterocycles. The average molecular weight is 307 g/mol. The molecule has 0 amide bonds. The van der Waals surface area contributed by atoms with Gasteiger partial charge in [0.25, 0.3) is 0 Å². The first-order chi connectivity index (χ1) is 11.1. The van der Waals surface area contributed by atoms with E-state index < -0.39 is 11.4 Å². The molecule has 0 atom stereocenters. The summed E-state index contributed by atoms with van der Waals surface area (Å²) in [5, 5.41) is 9.96. The molecule has 116 valence electrons. The van der Waals surface area contributed by atoms with E-state index in [-0.39, 0.29) is 5.56 Å². The van der Waals surface area contributed by atoms with Gasteiger partial charge in [0.1, 0.15) is 5.56 Å². The second-order valence-electron chi connectivity index (χ2n) is 5.40. The van der Waals surface area contributed by atoms with Crippen molar-refractivity contribution in [2.24, 2.45) is 0 Å². The van der Waals surface area contributed by atoms with E-state index in [4.69, 9.17) is 0 Å². The van der Waals surface area contributed by atoms with Gasteiger partial charge >= 0.3 is 5.97 Å². The molecule has 0 saturated heterocycles. The molecule has 23 heavy (non-hydrogen) atoms. The number of nitrogens with zero attached hydrogens (tertiary/aromatic N) is 1. The topological polar surface area (TPSA) is 59.3 Å². The predicted molar refractivity (Wildman–Crippen MR) is 90.1 cm³/mol. The smallest absolute Gasteiger partial charge is 0.341 e. The second-order valence-corrected chi connectivity index (χ2v) is 5.40. The Morgan fingerprint density at radius 3 is 2.35 bits per heavy atom. The summed E-state index contributed by atoms with van der Waals surface area (Å²) >= 11 is 0. The Balaban J connectivity index is 2.36. The maximum atomic E-state index is 12.6. The highest BCUT2D eigenvalue weighted by Crippen LogP contribution is 2.19. The normalized spacial score (nSPS) is 10.8. The first kappa shape index (κ1) is 15.0. The van der Waals surface area contributed by atoms with Gasteiger partial charge in [0.15, 0.2) is 0 Å². The third-order valence-electron chi connectivity index (χ3n) is 4.01. The van der Waals surface area contributed by atoms with Crippen LogP contribution in [0.3, 0.4) is 0 Å². The van der Waals surface area contributed by atoms with Crippen molar-refractivity contribution < 1.29 is 9.90 Å². The fraction of sp³-hybridized carbons (Fsp3) is 0.158. The largest absolute Gasteiger partial charge is 0.477 e. The molecule has 0 saturated carbocycles. The summed E-state index contributed by atoms with van der Waals surface area (Å²) in [4.78, 5) is 24.2. The monoisotopic (exact) mass is 307 g/mol. The number of carboxylic acids is 1. The Morgan fingerprint density at radius 1 is 1.04 bits per heavy atom. The lowest BCUT2D eigenvalue weighted by Gasteiger charge is -2.18. The van der Waals surface area contributed by atoms with Crippen molar-refractivity contribution in [1.29, 1.82) is 0 Å². The van der Waals surface area contributed by atoms with Crippen molar-refractivity contribution in [3.05, 3.63) is 81.6 Å². The molecule has 0 aliphatic carbocycles. The number of benzene rings is 2. The minimum absolute atomic E-state index is 0.123. The van der Waals surface area contributed by atoms with Crippen molar-refractivity contribution in [2.75, 3.05) is 0 Å². The molecule has 0 aliphatic rings. The maximum absolute atomic E-state index is 12.6. The van der Waals surface area contributed by atoms with E-state index in [9.17, 15) is 14.7 Å². The van der Waals surface area contributed by atoms with Gasteiger partial charge in [-0.2, -0.15) is 0 Å². The summed E-state index contributed by atoms with van der Waals surface area (Å²) in [5.41, 5.74) is 1.86. The fourth-order valence-electron chi connectivity index (χ4n) is 2.98. The lowest BCUT2D eigenvalue weighted by Crippen LogP contribution is -2.24. The van der Waals surface area contributed by atoms with Crippen molar-refractivity contribution in [1.82, 2.24) is 4.57 Å². The highest BCUT2D eigenvalue weighted by Gasteiger charge is 2.20. The number of fused-ring (bicyclic) bond motifs is 1. The number of hydrogen-bond acceptors (Lipinski definition) is 2. The number of aromatic carboxylic acids is 1. The molecule has 0 unspecified atom stereocenters. The summed E-state index contributed by atoms with van der Waals surface area (Å²) in [6.07, 6.45) is 0.481. The number of pyridine rings is 1. The van der Waals surface area contributed by atoms with E-state index >= 15 is 0 Å². The first-order valence-electron chi connectivity index (χ1n) is 7.55. The molecule has 1 aromatic heterocycles. The molecule has 4 heteroatoms. The van der Waals surface area contributed by atoms with Crippen LogP contribution >= 0.6 is 0 Å². The number of aromatic nitrogens is 1. The van der Waals surface area contributed by atoms with Gasteiger partial charge in [0.2, 0.25) is 5.43 Å². The van der Waals surface area contributed by atoms with E-state index in [2.05, 4.69) is 0 Å². The number of rotatable bonds is 4. The molecule has 1 N–H and O–H groups in total. The van der Waals surface area contributed by atoms with Gasteiger partial charge in [0.05, 0.1) is 5.52 Å². The van der Waals surface area contributed by atoms with Crippen molar-refractivity contribution in [3.8, 4) is 0 Å². The van der Waals surface area contributed by atoms with Crippen LogP contribution in [0.15, 0.2) is 59.4 Å². The third kappa shape index (κ3) is 2.63. The van der Waals surface area contributed by atoms with Gasteiger partial charge in [-0.1, -0.05) is 49.4 Å². The lowest BCUT2D eigenvalue weighted by molar-refractivity contribution is 0.0693. The van der Waals surface area contributed by atoms with E-state index in [1.807, 2.05) is 54.0 Å². The average Bonchev–Trinajstić information content (AvgIpc) is 2.57. The Labute approximate surface area is 133 Å². The van der Waals surface area contributed by atoms with Gasteiger partial charge in [-0.25, -0.2) is 4.79 Å².